The molecule has 0 saturated carbocycles. The second-order valence-corrected chi connectivity index (χ2v) is 10.6. The van der Waals surface area contributed by atoms with Gasteiger partial charge in [0.2, 0.25) is 0 Å². The topological polar surface area (TPSA) is 12.9 Å². The van der Waals surface area contributed by atoms with Crippen LogP contribution in [0.4, 0.5) is 0 Å². The molecule has 1 aromatic rings. The van der Waals surface area contributed by atoms with Crippen molar-refractivity contribution < 1.29 is 0 Å². The summed E-state index contributed by atoms with van der Waals surface area (Å²) in [5, 5.41) is 1.02. The minimum atomic E-state index is -1.15. The summed E-state index contributed by atoms with van der Waals surface area (Å²) < 4.78 is 0. The summed E-state index contributed by atoms with van der Waals surface area (Å²) in [5.74, 6) is 0. The van der Waals surface area contributed by atoms with Gasteiger partial charge in [0.05, 0.1) is 8.07 Å². The van der Waals surface area contributed by atoms with E-state index in [-0.39, 0.29) is 0 Å². The lowest BCUT2D eigenvalue weighted by molar-refractivity contribution is 1.09. The Bertz CT molecular complexity index is 322. The van der Waals surface area contributed by atoms with E-state index in [1.165, 1.54) is 29.7 Å². The number of hydrogen-bond donors (Lipinski definition) is 0. The number of rotatable bonds is 5. The molecule has 1 rings (SSSR count). The summed E-state index contributed by atoms with van der Waals surface area (Å²) in [4.78, 5) is 3.99. The minimum absolute atomic E-state index is 0.508. The van der Waals surface area contributed by atoms with Gasteiger partial charge in [0.1, 0.15) is 10.3 Å². The summed E-state index contributed by atoms with van der Waals surface area (Å²) in [6.45, 7) is 6.93. The fourth-order valence-electron chi connectivity index (χ4n) is 2.17. The first kappa shape index (κ1) is 14.0. The van der Waals surface area contributed by atoms with Crippen LogP contribution in [0.5, 0.6) is 0 Å². The Morgan fingerprint density at radius 3 is 1.81 bits per heavy atom. The van der Waals surface area contributed by atoms with E-state index >= 15 is 0 Å². The van der Waals surface area contributed by atoms with Crippen LogP contribution in [0.25, 0.3) is 0 Å². The third-order valence-corrected chi connectivity index (χ3v) is 9.70. The lowest BCUT2D eigenvalue weighted by Gasteiger charge is -2.28. The van der Waals surface area contributed by atoms with Crippen LogP contribution in [0.3, 0.4) is 0 Å². The fourth-order valence-corrected chi connectivity index (χ4v) is 6.00. The molecule has 0 unspecified atom stereocenters. The van der Waals surface area contributed by atoms with Gasteiger partial charge in [0.15, 0.2) is 0 Å². The molecule has 1 heterocycles. The van der Waals surface area contributed by atoms with E-state index in [0.717, 1.165) is 0 Å². The number of pyridine rings is 1. The first-order valence-electron chi connectivity index (χ1n) is 5.87. The summed E-state index contributed by atoms with van der Waals surface area (Å²) in [7, 11) is -1.15. The van der Waals surface area contributed by atoms with E-state index in [4.69, 9.17) is 23.2 Å². The van der Waals surface area contributed by atoms with Crippen LogP contribution in [-0.2, 0) is 6.04 Å². The van der Waals surface area contributed by atoms with Crippen molar-refractivity contribution in [1.82, 2.24) is 4.98 Å². The molecule has 0 atom stereocenters. The van der Waals surface area contributed by atoms with Crippen molar-refractivity contribution in [3.8, 4) is 0 Å². The Morgan fingerprint density at radius 2 is 1.44 bits per heavy atom. The quantitative estimate of drug-likeness (QED) is 0.546. The van der Waals surface area contributed by atoms with Crippen molar-refractivity contribution in [3.63, 3.8) is 0 Å². The zero-order valence-electron chi connectivity index (χ0n) is 10.2. The van der Waals surface area contributed by atoms with Gasteiger partial charge in [-0.25, -0.2) is 4.98 Å². The van der Waals surface area contributed by atoms with E-state index in [1.54, 1.807) is 0 Å². The lowest BCUT2D eigenvalue weighted by atomic mass is 10.3. The van der Waals surface area contributed by atoms with Crippen LogP contribution in [-0.4, -0.2) is 13.1 Å². The Morgan fingerprint density at radius 1 is 1.00 bits per heavy atom. The third kappa shape index (κ3) is 3.47. The van der Waals surface area contributed by atoms with E-state index in [0.29, 0.717) is 10.3 Å². The zero-order chi connectivity index (χ0) is 12.2. The van der Waals surface area contributed by atoms with Crippen molar-refractivity contribution in [1.29, 1.82) is 0 Å². The molecule has 0 aliphatic heterocycles. The van der Waals surface area contributed by atoms with E-state index < -0.39 is 8.07 Å². The first-order valence-corrected chi connectivity index (χ1v) is 9.45. The Kier molecular flexibility index (Phi) is 5.29. The first-order chi connectivity index (χ1) is 7.55. The maximum atomic E-state index is 5.93. The van der Waals surface area contributed by atoms with Gasteiger partial charge in [-0.05, 0) is 23.7 Å². The molecule has 0 aromatic carbocycles. The van der Waals surface area contributed by atoms with E-state index in [2.05, 4.69) is 25.8 Å². The van der Waals surface area contributed by atoms with Crippen LogP contribution >= 0.6 is 23.2 Å². The molecule has 0 aliphatic rings. The molecule has 0 amide bonds. The molecular formula is C12H19Cl2NSi. The molecule has 0 bridgehead atoms. The van der Waals surface area contributed by atoms with Crippen LogP contribution in [0, 0.1) is 0 Å². The Balaban J connectivity index is 2.93. The third-order valence-electron chi connectivity index (χ3n) is 3.65. The molecule has 90 valence electrons. The highest BCUT2D eigenvalue weighted by molar-refractivity contribution is 6.79. The molecule has 1 aromatic heterocycles. The molecule has 16 heavy (non-hydrogen) atoms. The molecule has 1 nitrogen and oxygen atoms in total. The van der Waals surface area contributed by atoms with Crippen molar-refractivity contribution >= 4 is 31.3 Å². The molecule has 0 saturated heterocycles. The molecule has 0 radical (unpaired) electrons. The minimum Gasteiger partial charge on any atom is -0.224 e. The predicted octanol–water partition coefficient (Wildman–Crippen LogP) is 4.98. The highest BCUT2D eigenvalue weighted by atomic mass is 35.5. The Labute approximate surface area is 109 Å². The van der Waals surface area contributed by atoms with Gasteiger partial charge in [0, 0.05) is 0 Å². The maximum Gasteiger partial charge on any atom is 0.131 e. The second-order valence-electron chi connectivity index (χ2n) is 4.36. The maximum absolute atomic E-state index is 5.93. The zero-order valence-corrected chi connectivity index (χ0v) is 12.7. The predicted molar refractivity (Wildman–Crippen MR) is 75.2 cm³/mol. The van der Waals surface area contributed by atoms with Crippen molar-refractivity contribution in [2.24, 2.45) is 0 Å². The van der Waals surface area contributed by atoms with E-state index in [9.17, 15) is 0 Å². The number of aromatic nitrogens is 1. The Hall–Kier alpha value is -0.0531. The molecular weight excluding hydrogens is 257 g/mol. The lowest BCUT2D eigenvalue weighted by Crippen LogP contribution is -2.34. The van der Waals surface area contributed by atoms with Crippen molar-refractivity contribution in [2.45, 2.75) is 44.9 Å². The van der Waals surface area contributed by atoms with Gasteiger partial charge in [-0.15, -0.1) is 0 Å². The highest BCUT2D eigenvalue weighted by Gasteiger charge is 2.27. The molecule has 0 N–H and O–H groups in total. The second kappa shape index (κ2) is 6.04. The monoisotopic (exact) mass is 275 g/mol. The largest absolute Gasteiger partial charge is 0.224 e. The average Bonchev–Trinajstić information content (AvgIpc) is 2.25. The molecule has 4 heteroatoms. The van der Waals surface area contributed by atoms with Crippen LogP contribution < -0.4 is 0 Å². The van der Waals surface area contributed by atoms with Crippen LogP contribution in [0.15, 0.2) is 12.1 Å². The van der Waals surface area contributed by atoms with Gasteiger partial charge in [-0.2, -0.15) is 0 Å². The van der Waals surface area contributed by atoms with Gasteiger partial charge in [-0.3, -0.25) is 0 Å². The molecule has 0 fully saturated rings. The van der Waals surface area contributed by atoms with Crippen molar-refractivity contribution in [2.75, 3.05) is 0 Å². The highest BCUT2D eigenvalue weighted by Crippen LogP contribution is 2.26. The number of nitrogens with zero attached hydrogens (tertiary/aromatic N) is 1. The van der Waals surface area contributed by atoms with Gasteiger partial charge in [0.25, 0.3) is 0 Å². The number of halogens is 2. The van der Waals surface area contributed by atoms with E-state index in [1.807, 2.05) is 12.1 Å². The van der Waals surface area contributed by atoms with Crippen molar-refractivity contribution in [3.05, 3.63) is 28.0 Å². The van der Waals surface area contributed by atoms with Crippen LogP contribution in [0.2, 0.25) is 28.4 Å². The SMILES string of the molecule is CC[Si](CC)(CC)Cc1cc(Cl)nc(Cl)c1. The summed E-state index contributed by atoms with van der Waals surface area (Å²) in [6.07, 6.45) is 0. The normalized spacial score (nSPS) is 11.8. The average molecular weight is 276 g/mol. The number of hydrogen-bond acceptors (Lipinski definition) is 1. The smallest absolute Gasteiger partial charge is 0.131 e. The van der Waals surface area contributed by atoms with Gasteiger partial charge in [-0.1, -0.05) is 62.1 Å². The summed E-state index contributed by atoms with van der Waals surface area (Å²) in [6, 6.07) is 9.03. The van der Waals surface area contributed by atoms with Gasteiger partial charge < -0.3 is 0 Å². The summed E-state index contributed by atoms with van der Waals surface area (Å²) in [5.41, 5.74) is 1.25. The van der Waals surface area contributed by atoms with Gasteiger partial charge >= 0.3 is 0 Å². The molecule has 0 spiro atoms. The standard InChI is InChI=1S/C12H19Cl2NSi/c1-4-16(5-2,6-3)9-10-7-11(13)15-12(14)8-10/h7-8H,4-6,9H2,1-3H3. The summed E-state index contributed by atoms with van der Waals surface area (Å²) >= 11 is 11.9. The fraction of sp³-hybridized carbons (Fsp3) is 0.583. The molecule has 0 aliphatic carbocycles. The van der Waals surface area contributed by atoms with Crippen LogP contribution in [0.1, 0.15) is 26.3 Å².